The van der Waals surface area contributed by atoms with E-state index in [-0.39, 0.29) is 48.1 Å². The zero-order chi connectivity index (χ0) is 19.3. The number of amides is 2. The Morgan fingerprint density at radius 3 is 2.07 bits per heavy atom. The molecule has 6 nitrogen and oxygen atoms in total. The average molecular weight is 433 g/mol. The predicted octanol–water partition coefficient (Wildman–Crippen LogP) is 1.58. The number of benzene rings is 1. The van der Waals surface area contributed by atoms with Crippen molar-refractivity contribution in [3.8, 4) is 0 Å². The third kappa shape index (κ3) is 6.92. The average Bonchev–Trinajstić information content (AvgIpc) is 2.93. The molecule has 160 valence electrons. The molecule has 1 aliphatic rings. The summed E-state index contributed by atoms with van der Waals surface area (Å²) in [6.07, 6.45) is 1.61. The highest BCUT2D eigenvalue weighted by molar-refractivity contribution is 5.89. The molecule has 0 saturated heterocycles. The normalized spacial score (nSPS) is 16.2. The van der Waals surface area contributed by atoms with Gasteiger partial charge in [-0.05, 0) is 43.7 Å². The van der Waals surface area contributed by atoms with Crippen molar-refractivity contribution in [3.63, 3.8) is 0 Å². The number of hydrogen-bond acceptors (Lipinski definition) is 4. The Balaban J connectivity index is 0.00000364. The Kier molecular flexibility index (Phi) is 11.1. The monoisotopic (exact) mass is 432 g/mol. The minimum atomic E-state index is -0.533. The van der Waals surface area contributed by atoms with E-state index in [0.717, 1.165) is 12.8 Å². The van der Waals surface area contributed by atoms with Gasteiger partial charge in [0.15, 0.2) is 0 Å². The maximum atomic E-state index is 12.5. The number of nitrogens with one attached hydrogen (secondary N) is 3. The van der Waals surface area contributed by atoms with Crippen LogP contribution in [0, 0.1) is 5.92 Å². The van der Waals surface area contributed by atoms with Crippen molar-refractivity contribution in [3.05, 3.63) is 35.4 Å². The van der Waals surface area contributed by atoms with E-state index in [1.807, 2.05) is 32.9 Å². The topological polar surface area (TPSA) is 96.2 Å². The Morgan fingerprint density at radius 2 is 1.61 bits per heavy atom. The number of nitrogens with two attached hydrogens (primary N) is 1. The van der Waals surface area contributed by atoms with E-state index in [9.17, 15) is 9.59 Å². The molecular formula is C20H34Cl2N4O2. The van der Waals surface area contributed by atoms with Crippen molar-refractivity contribution in [2.24, 2.45) is 11.7 Å². The summed E-state index contributed by atoms with van der Waals surface area (Å²) < 4.78 is 0. The summed E-state index contributed by atoms with van der Waals surface area (Å²) in [4.78, 5) is 24.6. The minimum absolute atomic E-state index is 0. The number of carbonyl (C=O) groups is 2. The van der Waals surface area contributed by atoms with Gasteiger partial charge in [0.1, 0.15) is 6.04 Å². The first-order valence-electron chi connectivity index (χ1n) is 9.43. The van der Waals surface area contributed by atoms with Crippen LogP contribution in [0.4, 0.5) is 0 Å². The molecule has 0 aromatic heterocycles. The third-order valence-corrected chi connectivity index (χ3v) is 4.95. The summed E-state index contributed by atoms with van der Waals surface area (Å²) in [6, 6.07) is 7.33. The van der Waals surface area contributed by atoms with Gasteiger partial charge in [-0.2, -0.15) is 0 Å². The van der Waals surface area contributed by atoms with E-state index in [0.29, 0.717) is 13.1 Å². The van der Waals surface area contributed by atoms with E-state index in [2.05, 4.69) is 28.1 Å². The van der Waals surface area contributed by atoms with Gasteiger partial charge in [0, 0.05) is 18.6 Å². The quantitative estimate of drug-likeness (QED) is 0.501. The maximum Gasteiger partial charge on any atom is 0.242 e. The van der Waals surface area contributed by atoms with Crippen LogP contribution in [0.2, 0.25) is 0 Å². The molecule has 0 aliphatic heterocycles. The molecular weight excluding hydrogens is 399 g/mol. The number of likely N-dealkylation sites (N-methyl/N-ethyl adjacent to an activating group) is 1. The van der Waals surface area contributed by atoms with Crippen molar-refractivity contribution in [2.45, 2.75) is 58.2 Å². The molecule has 1 aromatic carbocycles. The van der Waals surface area contributed by atoms with Crippen LogP contribution < -0.4 is 21.7 Å². The van der Waals surface area contributed by atoms with Gasteiger partial charge in [0.2, 0.25) is 11.8 Å². The van der Waals surface area contributed by atoms with Crippen LogP contribution in [0.1, 0.15) is 38.8 Å². The summed E-state index contributed by atoms with van der Waals surface area (Å²) in [7, 11) is 0. The van der Waals surface area contributed by atoms with Crippen molar-refractivity contribution in [1.29, 1.82) is 0 Å². The molecule has 2 atom stereocenters. The number of halogens is 2. The molecule has 28 heavy (non-hydrogen) atoms. The van der Waals surface area contributed by atoms with Crippen molar-refractivity contribution >= 4 is 36.6 Å². The molecule has 0 fully saturated rings. The Labute approximate surface area is 180 Å². The van der Waals surface area contributed by atoms with Gasteiger partial charge in [-0.25, -0.2) is 0 Å². The predicted molar refractivity (Wildman–Crippen MR) is 118 cm³/mol. The number of hydrogen-bond donors (Lipinski definition) is 4. The second-order valence-electron chi connectivity index (χ2n) is 7.71. The van der Waals surface area contributed by atoms with Crippen LogP contribution in [0.5, 0.6) is 0 Å². The second-order valence-corrected chi connectivity index (χ2v) is 7.71. The van der Waals surface area contributed by atoms with E-state index in [1.165, 1.54) is 11.1 Å². The maximum absolute atomic E-state index is 12.5. The van der Waals surface area contributed by atoms with Gasteiger partial charge in [-0.1, -0.05) is 38.1 Å². The minimum Gasteiger partial charge on any atom is -0.355 e. The van der Waals surface area contributed by atoms with E-state index < -0.39 is 12.1 Å². The lowest BCUT2D eigenvalue weighted by molar-refractivity contribution is -0.130. The van der Waals surface area contributed by atoms with Gasteiger partial charge in [0.05, 0.1) is 6.04 Å². The van der Waals surface area contributed by atoms with Crippen molar-refractivity contribution in [1.82, 2.24) is 16.0 Å². The molecule has 0 bridgehead atoms. The highest BCUT2D eigenvalue weighted by atomic mass is 35.5. The van der Waals surface area contributed by atoms with Crippen LogP contribution in [0.3, 0.4) is 0 Å². The molecule has 2 rings (SSSR count). The highest BCUT2D eigenvalue weighted by Gasteiger charge is 2.34. The van der Waals surface area contributed by atoms with Gasteiger partial charge < -0.3 is 21.7 Å². The van der Waals surface area contributed by atoms with E-state index in [4.69, 9.17) is 5.73 Å². The molecule has 2 amide bonds. The molecule has 0 radical (unpaired) electrons. The lowest BCUT2D eigenvalue weighted by Crippen LogP contribution is -2.57. The fourth-order valence-corrected chi connectivity index (χ4v) is 3.39. The molecule has 0 saturated carbocycles. The second kappa shape index (κ2) is 11.6. The first-order chi connectivity index (χ1) is 12.3. The van der Waals surface area contributed by atoms with Gasteiger partial charge in [-0.3, -0.25) is 9.59 Å². The lowest BCUT2D eigenvalue weighted by atomic mass is 9.96. The zero-order valence-electron chi connectivity index (χ0n) is 17.1. The zero-order valence-corrected chi connectivity index (χ0v) is 18.7. The number of carbonyl (C=O) groups excluding carboxylic acids is 2. The standard InChI is InChI=1S/C20H32N4O2.2ClH/c1-5-22-19(26)17(13(2)3)24-18(25)14(4)23-12-20(21)10-15-8-6-7-9-16(15)11-20;;/h6-9,13-14,17,23H,5,10-12,21H2,1-4H3,(H,22,26)(H,24,25);2*1H/t14-,17-;;/m0../s1. The molecule has 0 heterocycles. The Bertz CT molecular complexity index is 630. The molecule has 1 aromatic rings. The van der Waals surface area contributed by atoms with Crippen LogP contribution in [-0.4, -0.2) is 42.5 Å². The van der Waals surface area contributed by atoms with Crippen molar-refractivity contribution < 1.29 is 9.59 Å². The molecule has 0 spiro atoms. The first-order valence-corrected chi connectivity index (χ1v) is 9.43. The van der Waals surface area contributed by atoms with Gasteiger partial charge in [-0.15, -0.1) is 24.8 Å². The van der Waals surface area contributed by atoms with E-state index >= 15 is 0 Å². The lowest BCUT2D eigenvalue weighted by Gasteiger charge is -2.28. The van der Waals surface area contributed by atoms with Gasteiger partial charge in [0.25, 0.3) is 0 Å². The van der Waals surface area contributed by atoms with Crippen LogP contribution in [-0.2, 0) is 22.4 Å². The fraction of sp³-hybridized carbons (Fsp3) is 0.600. The SMILES string of the molecule is CCNC(=O)[C@@H](NC(=O)[C@H](C)NCC1(N)Cc2ccccc2C1)C(C)C.Cl.Cl. The molecule has 8 heteroatoms. The molecule has 0 unspecified atom stereocenters. The summed E-state index contributed by atoms with van der Waals surface area (Å²) in [6.45, 7) is 8.59. The van der Waals surface area contributed by atoms with Crippen LogP contribution >= 0.6 is 24.8 Å². The van der Waals surface area contributed by atoms with Crippen LogP contribution in [0.25, 0.3) is 0 Å². The number of fused-ring (bicyclic) bond motifs is 1. The summed E-state index contributed by atoms with van der Waals surface area (Å²) in [5.41, 5.74) is 8.72. The van der Waals surface area contributed by atoms with Crippen LogP contribution in [0.15, 0.2) is 24.3 Å². The summed E-state index contributed by atoms with van der Waals surface area (Å²) in [5, 5.41) is 8.87. The van der Waals surface area contributed by atoms with Gasteiger partial charge >= 0.3 is 0 Å². The summed E-state index contributed by atoms with van der Waals surface area (Å²) in [5.74, 6) is -0.318. The van der Waals surface area contributed by atoms with E-state index in [1.54, 1.807) is 6.92 Å². The van der Waals surface area contributed by atoms with Crippen molar-refractivity contribution in [2.75, 3.05) is 13.1 Å². The first kappa shape index (κ1) is 26.7. The highest BCUT2D eigenvalue weighted by Crippen LogP contribution is 2.27. The third-order valence-electron chi connectivity index (χ3n) is 4.95. The summed E-state index contributed by atoms with van der Waals surface area (Å²) >= 11 is 0. The molecule has 1 aliphatic carbocycles. The molecule has 5 N–H and O–H groups in total. The smallest absolute Gasteiger partial charge is 0.242 e. The fourth-order valence-electron chi connectivity index (χ4n) is 3.39. The Morgan fingerprint density at radius 1 is 1.07 bits per heavy atom. The Hall–Kier alpha value is -1.34. The largest absolute Gasteiger partial charge is 0.355 e. The number of rotatable bonds is 8.